The summed E-state index contributed by atoms with van der Waals surface area (Å²) in [4.78, 5) is 4.33. The van der Waals surface area contributed by atoms with E-state index in [1.165, 1.54) is 0 Å². The number of hydrogen-bond acceptors (Lipinski definition) is 3. The fourth-order valence-corrected chi connectivity index (χ4v) is 2.66. The van der Waals surface area contributed by atoms with Gasteiger partial charge < -0.3 is 11.1 Å². The smallest absolute Gasteiger partial charge is 0.140 e. The third kappa shape index (κ3) is 5.36. The predicted octanol–water partition coefficient (Wildman–Crippen LogP) is 3.78. The Morgan fingerprint density at radius 1 is 1.41 bits per heavy atom. The quantitative estimate of drug-likeness (QED) is 0.807. The maximum absolute atomic E-state index is 5.54. The zero-order chi connectivity index (χ0) is 12.9. The highest BCUT2D eigenvalue weighted by Crippen LogP contribution is 2.26. The summed E-state index contributed by atoms with van der Waals surface area (Å²) in [5, 5.41) is 3.37. The molecule has 1 heterocycles. The minimum Gasteiger partial charge on any atom is -0.369 e. The van der Waals surface area contributed by atoms with E-state index in [1.807, 2.05) is 6.07 Å². The van der Waals surface area contributed by atoms with Crippen molar-refractivity contribution < 1.29 is 0 Å². The maximum Gasteiger partial charge on any atom is 0.140 e. The highest BCUT2D eigenvalue weighted by molar-refractivity contribution is 9.11. The molecule has 0 atom stereocenters. The van der Waals surface area contributed by atoms with Crippen molar-refractivity contribution in [2.45, 2.75) is 26.7 Å². The molecule has 0 aliphatic heterocycles. The van der Waals surface area contributed by atoms with E-state index in [9.17, 15) is 0 Å². The molecule has 0 bridgehead atoms. The number of rotatable bonds is 6. The van der Waals surface area contributed by atoms with Crippen LogP contribution in [0.25, 0.3) is 0 Å². The lowest BCUT2D eigenvalue weighted by Crippen LogP contribution is -2.24. The van der Waals surface area contributed by atoms with Crippen LogP contribution in [0.5, 0.6) is 0 Å². The van der Waals surface area contributed by atoms with Crippen LogP contribution in [0.1, 0.15) is 26.7 Å². The summed E-state index contributed by atoms with van der Waals surface area (Å²) in [7, 11) is 0. The Bertz CT molecular complexity index is 367. The molecule has 17 heavy (non-hydrogen) atoms. The number of nitrogens with zero attached hydrogens (tertiary/aromatic N) is 1. The second-order valence-electron chi connectivity index (χ2n) is 4.89. The lowest BCUT2D eigenvalue weighted by Gasteiger charge is -2.25. The molecule has 1 aromatic rings. The van der Waals surface area contributed by atoms with Gasteiger partial charge in [0.05, 0.1) is 4.47 Å². The summed E-state index contributed by atoms with van der Waals surface area (Å²) in [6.07, 6.45) is 3.97. The molecule has 0 saturated carbocycles. The molecule has 96 valence electrons. The Kier molecular flexibility index (Phi) is 5.89. The van der Waals surface area contributed by atoms with Crippen molar-refractivity contribution in [2.75, 3.05) is 18.4 Å². The average molecular weight is 365 g/mol. The van der Waals surface area contributed by atoms with Gasteiger partial charge in [0.15, 0.2) is 0 Å². The van der Waals surface area contributed by atoms with Crippen molar-refractivity contribution >= 4 is 37.7 Å². The van der Waals surface area contributed by atoms with Gasteiger partial charge in [-0.1, -0.05) is 13.8 Å². The molecule has 0 saturated heterocycles. The molecule has 0 spiro atoms. The molecule has 0 aliphatic carbocycles. The molecule has 5 heteroatoms. The molecule has 3 N–H and O–H groups in total. The van der Waals surface area contributed by atoms with Crippen molar-refractivity contribution in [3.63, 3.8) is 0 Å². The van der Waals surface area contributed by atoms with E-state index in [0.717, 1.165) is 40.7 Å². The summed E-state index contributed by atoms with van der Waals surface area (Å²) in [5.41, 5.74) is 5.77. The third-order valence-corrected chi connectivity index (χ3v) is 3.64. The summed E-state index contributed by atoms with van der Waals surface area (Å²) in [5.74, 6) is 0.883. The van der Waals surface area contributed by atoms with Gasteiger partial charge in [0.1, 0.15) is 5.82 Å². The Hall–Kier alpha value is -0.130. The number of anilines is 1. The lowest BCUT2D eigenvalue weighted by molar-refractivity contribution is 0.350. The Morgan fingerprint density at radius 2 is 2.12 bits per heavy atom. The van der Waals surface area contributed by atoms with Gasteiger partial charge >= 0.3 is 0 Å². The summed E-state index contributed by atoms with van der Waals surface area (Å²) >= 11 is 6.88. The highest BCUT2D eigenvalue weighted by atomic mass is 79.9. The molecule has 1 rings (SSSR count). The highest BCUT2D eigenvalue weighted by Gasteiger charge is 2.17. The Morgan fingerprint density at radius 3 is 2.71 bits per heavy atom. The normalized spacial score (nSPS) is 11.6. The number of halogens is 2. The van der Waals surface area contributed by atoms with E-state index < -0.39 is 0 Å². The predicted molar refractivity (Wildman–Crippen MR) is 80.2 cm³/mol. The van der Waals surface area contributed by atoms with Crippen LogP contribution in [0.4, 0.5) is 5.82 Å². The van der Waals surface area contributed by atoms with Crippen molar-refractivity contribution in [3.05, 3.63) is 21.2 Å². The van der Waals surface area contributed by atoms with Crippen LogP contribution in [0.3, 0.4) is 0 Å². The van der Waals surface area contributed by atoms with Crippen LogP contribution in [-0.4, -0.2) is 18.1 Å². The Labute approximate surface area is 120 Å². The van der Waals surface area contributed by atoms with Crippen molar-refractivity contribution in [1.82, 2.24) is 4.98 Å². The Balaban J connectivity index is 2.54. The van der Waals surface area contributed by atoms with Crippen molar-refractivity contribution in [3.8, 4) is 0 Å². The number of aromatic nitrogens is 1. The topological polar surface area (TPSA) is 50.9 Å². The molecule has 0 aliphatic rings. The fourth-order valence-electron chi connectivity index (χ4n) is 1.54. The second-order valence-corrected chi connectivity index (χ2v) is 6.66. The lowest BCUT2D eigenvalue weighted by atomic mass is 9.88. The van der Waals surface area contributed by atoms with E-state index in [0.29, 0.717) is 0 Å². The van der Waals surface area contributed by atoms with Crippen molar-refractivity contribution in [2.24, 2.45) is 11.1 Å². The van der Waals surface area contributed by atoms with Crippen LogP contribution in [0.2, 0.25) is 0 Å². The third-order valence-electron chi connectivity index (χ3n) is 2.60. The molecule has 1 aromatic heterocycles. The number of nitrogens with one attached hydrogen (secondary N) is 1. The number of hydrogen-bond donors (Lipinski definition) is 2. The molecule has 0 radical (unpaired) electrons. The van der Waals surface area contributed by atoms with Gasteiger partial charge in [-0.2, -0.15) is 0 Å². The van der Waals surface area contributed by atoms with Crippen LogP contribution < -0.4 is 11.1 Å². The summed E-state index contributed by atoms with van der Waals surface area (Å²) in [6, 6.07) is 1.99. The first kappa shape index (κ1) is 14.9. The second kappa shape index (κ2) is 6.71. The first-order valence-electron chi connectivity index (χ1n) is 5.69. The van der Waals surface area contributed by atoms with Crippen LogP contribution in [0, 0.1) is 5.41 Å². The van der Waals surface area contributed by atoms with E-state index in [2.05, 4.69) is 56.0 Å². The molecular formula is C12H19Br2N3. The zero-order valence-electron chi connectivity index (χ0n) is 10.3. The number of pyridine rings is 1. The first-order chi connectivity index (χ1) is 7.94. The van der Waals surface area contributed by atoms with E-state index in [4.69, 9.17) is 5.73 Å². The van der Waals surface area contributed by atoms with Crippen LogP contribution in [-0.2, 0) is 0 Å². The van der Waals surface area contributed by atoms with E-state index >= 15 is 0 Å². The van der Waals surface area contributed by atoms with Gasteiger partial charge in [0, 0.05) is 17.2 Å². The van der Waals surface area contributed by atoms with Gasteiger partial charge in [-0.15, -0.1) is 0 Å². The van der Waals surface area contributed by atoms with Gasteiger partial charge in [0.2, 0.25) is 0 Å². The number of nitrogens with two attached hydrogens (primary N) is 1. The minimum atomic E-state index is 0.230. The maximum atomic E-state index is 5.54. The molecule has 0 fully saturated rings. The molecule has 0 unspecified atom stereocenters. The van der Waals surface area contributed by atoms with Gasteiger partial charge in [-0.25, -0.2) is 4.98 Å². The van der Waals surface area contributed by atoms with Crippen molar-refractivity contribution in [1.29, 1.82) is 0 Å². The molecule has 3 nitrogen and oxygen atoms in total. The van der Waals surface area contributed by atoms with E-state index in [1.54, 1.807) is 6.20 Å². The monoisotopic (exact) mass is 363 g/mol. The molecule has 0 amide bonds. The molecular weight excluding hydrogens is 346 g/mol. The zero-order valence-corrected chi connectivity index (χ0v) is 13.4. The minimum absolute atomic E-state index is 0.230. The van der Waals surface area contributed by atoms with Crippen LogP contribution >= 0.6 is 31.9 Å². The SMILES string of the molecule is CC(C)(CCCN)CNc1ncc(Br)cc1Br. The fraction of sp³-hybridized carbons (Fsp3) is 0.583. The van der Waals surface area contributed by atoms with Gasteiger partial charge in [-0.3, -0.25) is 0 Å². The standard InChI is InChI=1S/C12H19Br2N3/c1-12(2,4-3-5-15)8-17-11-10(14)6-9(13)7-16-11/h6-7H,3-5,8,15H2,1-2H3,(H,16,17). The van der Waals surface area contributed by atoms with Crippen LogP contribution in [0.15, 0.2) is 21.2 Å². The summed E-state index contributed by atoms with van der Waals surface area (Å²) in [6.45, 7) is 6.12. The van der Waals surface area contributed by atoms with E-state index in [-0.39, 0.29) is 5.41 Å². The summed E-state index contributed by atoms with van der Waals surface area (Å²) < 4.78 is 1.94. The molecule has 0 aromatic carbocycles. The van der Waals surface area contributed by atoms with Gasteiger partial charge in [0.25, 0.3) is 0 Å². The largest absolute Gasteiger partial charge is 0.369 e. The average Bonchev–Trinajstić information content (AvgIpc) is 2.25. The first-order valence-corrected chi connectivity index (χ1v) is 7.28. The van der Waals surface area contributed by atoms with Gasteiger partial charge in [-0.05, 0) is 62.7 Å².